The summed E-state index contributed by atoms with van der Waals surface area (Å²) in [6.45, 7) is 6.74. The van der Waals surface area contributed by atoms with Gasteiger partial charge in [0.1, 0.15) is 17.3 Å². The molecule has 2 aliphatic carbocycles. The summed E-state index contributed by atoms with van der Waals surface area (Å²) in [5, 5.41) is 0. The zero-order chi connectivity index (χ0) is 22.4. The van der Waals surface area contributed by atoms with Crippen molar-refractivity contribution in [3.8, 4) is 5.75 Å². The van der Waals surface area contributed by atoms with E-state index < -0.39 is 5.92 Å². The third kappa shape index (κ3) is 3.50. The largest absolute Gasteiger partial charge is 0.493 e. The number of fused-ring (bicyclic) bond motifs is 2. The Kier molecular flexibility index (Phi) is 5.28. The fourth-order valence-electron chi connectivity index (χ4n) is 5.53. The van der Waals surface area contributed by atoms with Gasteiger partial charge in [-0.2, -0.15) is 0 Å². The molecule has 1 saturated carbocycles. The molecular weight excluding hydrogens is 404 g/mol. The molecule has 4 atom stereocenters. The Bertz CT molecular complexity index is 1130. The van der Waals surface area contributed by atoms with E-state index in [9.17, 15) is 9.59 Å². The Balaban J connectivity index is 1.58. The number of ether oxygens (including phenoxy) is 2. The highest BCUT2D eigenvalue weighted by molar-refractivity contribution is 6.07. The van der Waals surface area contributed by atoms with E-state index in [1.54, 1.807) is 0 Å². The maximum absolute atomic E-state index is 13.7. The average Bonchev–Trinajstić information content (AvgIpc) is 3.46. The standard InChI is InChI=1S/C27H28O5/c1-4-30-27(29)23-15(2)11-19-12-20(13-21-8-5-16(3)32-21)26(28)25(19)24(23)18-7-6-17-9-10-31-22(17)14-18/h5-8,11,13-15,23-25H,4,9-10,12H2,1-3H3/b20-13+. The van der Waals surface area contributed by atoms with Crippen molar-refractivity contribution in [2.45, 2.75) is 39.5 Å². The van der Waals surface area contributed by atoms with Crippen molar-refractivity contribution < 1.29 is 23.5 Å². The van der Waals surface area contributed by atoms with Gasteiger partial charge in [0.05, 0.1) is 25.0 Å². The van der Waals surface area contributed by atoms with Crippen LogP contribution in [0.1, 0.15) is 48.8 Å². The van der Waals surface area contributed by atoms with Gasteiger partial charge in [-0.15, -0.1) is 0 Å². The highest BCUT2D eigenvalue weighted by Crippen LogP contribution is 2.52. The first-order chi connectivity index (χ1) is 15.5. The SMILES string of the molecule is CCOC(=O)C1C(C)C=C2C/C(=C\c3ccc(C)o3)C(=O)C2C1c1ccc2c(c1)OCC2. The molecule has 32 heavy (non-hydrogen) atoms. The number of carbonyl (C=O) groups excluding carboxylic acids is 2. The van der Waals surface area contributed by atoms with Gasteiger partial charge in [-0.3, -0.25) is 9.59 Å². The van der Waals surface area contributed by atoms with Gasteiger partial charge >= 0.3 is 5.97 Å². The summed E-state index contributed by atoms with van der Waals surface area (Å²) in [5.41, 5.74) is 3.96. The smallest absolute Gasteiger partial charge is 0.310 e. The highest BCUT2D eigenvalue weighted by atomic mass is 16.5. The zero-order valence-corrected chi connectivity index (χ0v) is 18.7. The summed E-state index contributed by atoms with van der Waals surface area (Å²) in [6, 6.07) is 9.94. The first kappa shape index (κ1) is 20.8. The predicted molar refractivity (Wildman–Crippen MR) is 120 cm³/mol. The second-order valence-electron chi connectivity index (χ2n) is 9.01. The van der Waals surface area contributed by atoms with E-state index in [0.717, 1.165) is 34.6 Å². The number of rotatable bonds is 4. The molecular formula is C27H28O5. The molecule has 5 rings (SSSR count). The molecule has 5 nitrogen and oxygen atoms in total. The molecule has 166 valence electrons. The molecule has 1 fully saturated rings. The van der Waals surface area contributed by atoms with Crippen LogP contribution in [-0.2, 0) is 20.7 Å². The van der Waals surface area contributed by atoms with E-state index >= 15 is 0 Å². The number of Topliss-reactive ketones (excluding diaryl/α,β-unsaturated/α-hetero) is 1. The lowest BCUT2D eigenvalue weighted by molar-refractivity contribution is -0.151. The molecule has 3 aliphatic rings. The van der Waals surface area contributed by atoms with Crippen LogP contribution in [0, 0.1) is 24.7 Å². The Morgan fingerprint density at radius 3 is 2.84 bits per heavy atom. The minimum atomic E-state index is -0.419. The number of hydrogen-bond acceptors (Lipinski definition) is 5. The summed E-state index contributed by atoms with van der Waals surface area (Å²) >= 11 is 0. The predicted octanol–water partition coefficient (Wildman–Crippen LogP) is 5.03. The molecule has 0 spiro atoms. The first-order valence-corrected chi connectivity index (χ1v) is 11.4. The van der Waals surface area contributed by atoms with Gasteiger partial charge in [0.25, 0.3) is 0 Å². The number of hydrogen-bond donors (Lipinski definition) is 0. The third-order valence-electron chi connectivity index (χ3n) is 6.92. The van der Waals surface area contributed by atoms with Gasteiger partial charge in [-0.25, -0.2) is 0 Å². The lowest BCUT2D eigenvalue weighted by Crippen LogP contribution is -2.38. The Hall–Kier alpha value is -3.08. The van der Waals surface area contributed by atoms with E-state index in [0.29, 0.717) is 25.4 Å². The van der Waals surface area contributed by atoms with Crippen LogP contribution >= 0.6 is 0 Å². The zero-order valence-electron chi connectivity index (χ0n) is 18.7. The van der Waals surface area contributed by atoms with E-state index in [2.05, 4.69) is 18.2 Å². The van der Waals surface area contributed by atoms with E-state index in [4.69, 9.17) is 13.9 Å². The third-order valence-corrected chi connectivity index (χ3v) is 6.92. The average molecular weight is 433 g/mol. The van der Waals surface area contributed by atoms with Crippen LogP contribution in [0.4, 0.5) is 0 Å². The minimum absolute atomic E-state index is 0.0301. The topological polar surface area (TPSA) is 65.7 Å². The molecule has 2 aromatic rings. The Morgan fingerprint density at radius 1 is 1.25 bits per heavy atom. The van der Waals surface area contributed by atoms with Crippen LogP contribution < -0.4 is 4.74 Å². The lowest BCUT2D eigenvalue weighted by Gasteiger charge is -2.37. The van der Waals surface area contributed by atoms with Crippen molar-refractivity contribution in [2.75, 3.05) is 13.2 Å². The summed E-state index contributed by atoms with van der Waals surface area (Å²) in [7, 11) is 0. The summed E-state index contributed by atoms with van der Waals surface area (Å²) in [5.74, 6) is 1.08. The molecule has 5 heteroatoms. The Labute approximate surface area is 188 Å². The van der Waals surface area contributed by atoms with E-state index in [1.807, 2.05) is 45.0 Å². The van der Waals surface area contributed by atoms with Crippen LogP contribution in [0.2, 0.25) is 0 Å². The second-order valence-corrected chi connectivity index (χ2v) is 9.01. The summed E-state index contributed by atoms with van der Waals surface area (Å²) < 4.78 is 16.9. The van der Waals surface area contributed by atoms with Crippen molar-refractivity contribution in [3.05, 3.63) is 70.2 Å². The van der Waals surface area contributed by atoms with E-state index in [-0.39, 0.29) is 29.5 Å². The maximum atomic E-state index is 13.7. The molecule has 2 heterocycles. The quantitative estimate of drug-likeness (QED) is 0.385. The van der Waals surface area contributed by atoms with Crippen LogP contribution in [0.25, 0.3) is 6.08 Å². The lowest BCUT2D eigenvalue weighted by atomic mass is 9.65. The molecule has 1 aliphatic heterocycles. The van der Waals surface area contributed by atoms with Crippen molar-refractivity contribution in [2.24, 2.45) is 17.8 Å². The summed E-state index contributed by atoms with van der Waals surface area (Å²) in [4.78, 5) is 26.7. The molecule has 0 amide bonds. The van der Waals surface area contributed by atoms with Crippen molar-refractivity contribution in [1.29, 1.82) is 0 Å². The fourth-order valence-corrected chi connectivity index (χ4v) is 5.53. The molecule has 1 aromatic carbocycles. The number of ketones is 1. The fraction of sp³-hybridized carbons (Fsp3) is 0.407. The van der Waals surface area contributed by atoms with Gasteiger partial charge in [-0.1, -0.05) is 30.7 Å². The van der Waals surface area contributed by atoms with Gasteiger partial charge in [0, 0.05) is 17.9 Å². The second kappa shape index (κ2) is 8.12. The van der Waals surface area contributed by atoms with Crippen LogP contribution in [0.15, 0.2) is 52.0 Å². The molecule has 4 unspecified atom stereocenters. The number of aryl methyl sites for hydroxylation is 1. The Morgan fingerprint density at radius 2 is 2.09 bits per heavy atom. The number of allylic oxidation sites excluding steroid dienone is 3. The van der Waals surface area contributed by atoms with Crippen molar-refractivity contribution in [3.63, 3.8) is 0 Å². The van der Waals surface area contributed by atoms with Crippen molar-refractivity contribution >= 4 is 17.8 Å². The number of esters is 1. The normalized spacial score (nSPS) is 27.7. The van der Waals surface area contributed by atoms with Crippen LogP contribution in [0.5, 0.6) is 5.75 Å². The molecule has 0 radical (unpaired) electrons. The number of benzene rings is 1. The molecule has 0 bridgehead atoms. The number of furan rings is 1. The summed E-state index contributed by atoms with van der Waals surface area (Å²) in [6.07, 6.45) is 5.43. The van der Waals surface area contributed by atoms with Gasteiger partial charge in [-0.05, 0) is 61.6 Å². The monoisotopic (exact) mass is 432 g/mol. The van der Waals surface area contributed by atoms with Gasteiger partial charge < -0.3 is 13.9 Å². The van der Waals surface area contributed by atoms with Gasteiger partial charge in [0.15, 0.2) is 5.78 Å². The van der Waals surface area contributed by atoms with Crippen molar-refractivity contribution in [1.82, 2.24) is 0 Å². The van der Waals surface area contributed by atoms with Gasteiger partial charge in [0.2, 0.25) is 0 Å². The molecule has 0 N–H and O–H groups in total. The minimum Gasteiger partial charge on any atom is -0.493 e. The van der Waals surface area contributed by atoms with Crippen LogP contribution in [-0.4, -0.2) is 25.0 Å². The van der Waals surface area contributed by atoms with E-state index in [1.165, 1.54) is 5.56 Å². The first-order valence-electron chi connectivity index (χ1n) is 11.4. The maximum Gasteiger partial charge on any atom is 0.310 e. The number of carbonyl (C=O) groups is 2. The van der Waals surface area contributed by atoms with Crippen LogP contribution in [0.3, 0.4) is 0 Å². The highest BCUT2D eigenvalue weighted by Gasteiger charge is 2.50. The molecule has 0 saturated heterocycles. The molecule has 1 aromatic heterocycles.